The molecule has 86 valence electrons. The molecular formula is C12H15ClN2O. The molecule has 1 heterocycles. The van der Waals surface area contributed by atoms with E-state index in [1.54, 1.807) is 4.57 Å². The Balaban J connectivity index is 2.41. The van der Waals surface area contributed by atoms with Crippen LogP contribution in [0.4, 0.5) is 0 Å². The van der Waals surface area contributed by atoms with E-state index in [0.717, 1.165) is 18.7 Å². The van der Waals surface area contributed by atoms with E-state index in [2.05, 4.69) is 4.98 Å². The number of nitrogens with zero attached hydrogens (tertiary/aromatic N) is 2. The zero-order chi connectivity index (χ0) is 11.7. The maximum absolute atomic E-state index is 11.8. The molecule has 0 aliphatic heterocycles. The number of rotatable bonds is 3. The Kier molecular flexibility index (Phi) is 3.15. The van der Waals surface area contributed by atoms with Crippen LogP contribution >= 0.6 is 11.6 Å². The molecule has 4 heteroatoms. The second-order valence-electron chi connectivity index (χ2n) is 4.44. The first-order valence-electron chi connectivity index (χ1n) is 5.48. The fourth-order valence-electron chi connectivity index (χ4n) is 1.61. The molecule has 0 bridgehead atoms. The number of halogens is 1. The number of hydrogen-bond acceptors (Lipinski definition) is 2. The molecule has 1 saturated carbocycles. The second-order valence-corrected chi connectivity index (χ2v) is 4.83. The molecule has 0 aromatic carbocycles. The summed E-state index contributed by atoms with van der Waals surface area (Å²) in [5.41, 5.74) is 1.14. The summed E-state index contributed by atoms with van der Waals surface area (Å²) in [5, 5.41) is 0.306. The van der Waals surface area contributed by atoms with Crippen LogP contribution < -0.4 is 5.56 Å². The van der Waals surface area contributed by atoms with Gasteiger partial charge in [0.2, 0.25) is 0 Å². The summed E-state index contributed by atoms with van der Waals surface area (Å²) in [7, 11) is 0. The molecule has 1 aromatic rings. The van der Waals surface area contributed by atoms with Gasteiger partial charge < -0.3 is 0 Å². The molecule has 0 spiro atoms. The van der Waals surface area contributed by atoms with Crippen molar-refractivity contribution in [1.29, 1.82) is 0 Å². The van der Waals surface area contributed by atoms with E-state index in [9.17, 15) is 4.79 Å². The number of hydrogen-bond donors (Lipinski definition) is 0. The van der Waals surface area contributed by atoms with Crippen molar-refractivity contribution in [3.8, 4) is 0 Å². The first-order valence-corrected chi connectivity index (χ1v) is 5.86. The maximum atomic E-state index is 11.8. The monoisotopic (exact) mass is 238 g/mol. The Morgan fingerprint density at radius 1 is 1.62 bits per heavy atom. The van der Waals surface area contributed by atoms with Crippen LogP contribution in [-0.4, -0.2) is 9.55 Å². The van der Waals surface area contributed by atoms with Gasteiger partial charge in [-0.15, -0.1) is 0 Å². The lowest BCUT2D eigenvalue weighted by Gasteiger charge is -2.09. The molecule has 0 N–H and O–H groups in total. The highest BCUT2D eigenvalue weighted by Crippen LogP contribution is 2.38. The van der Waals surface area contributed by atoms with Crippen molar-refractivity contribution < 1.29 is 0 Å². The summed E-state index contributed by atoms with van der Waals surface area (Å²) in [6.07, 6.45) is 4.26. The molecule has 3 nitrogen and oxygen atoms in total. The van der Waals surface area contributed by atoms with Gasteiger partial charge >= 0.3 is 0 Å². The Morgan fingerprint density at radius 3 is 2.88 bits per heavy atom. The fraction of sp³-hybridized carbons (Fsp3) is 0.500. The molecule has 1 aliphatic rings. The molecule has 2 rings (SSSR count). The van der Waals surface area contributed by atoms with Crippen molar-refractivity contribution in [2.75, 3.05) is 0 Å². The van der Waals surface area contributed by atoms with Crippen molar-refractivity contribution in [3.63, 3.8) is 0 Å². The summed E-state index contributed by atoms with van der Waals surface area (Å²) in [6.45, 7) is 4.63. The SMILES string of the molecule is CC(C)=CCn1c(C2CC2)nc(Cl)cc1=O. The van der Waals surface area contributed by atoms with Crippen LogP contribution in [0.1, 0.15) is 38.4 Å². The Morgan fingerprint density at radius 2 is 2.31 bits per heavy atom. The van der Waals surface area contributed by atoms with Crippen molar-refractivity contribution in [2.45, 2.75) is 39.2 Å². The minimum absolute atomic E-state index is 0.0561. The highest BCUT2D eigenvalue weighted by atomic mass is 35.5. The van der Waals surface area contributed by atoms with Crippen LogP contribution in [0.5, 0.6) is 0 Å². The van der Waals surface area contributed by atoms with Crippen LogP contribution in [0.25, 0.3) is 0 Å². The van der Waals surface area contributed by atoms with Gasteiger partial charge in [-0.1, -0.05) is 23.3 Å². The lowest BCUT2D eigenvalue weighted by atomic mass is 10.3. The molecule has 0 saturated heterocycles. The lowest BCUT2D eigenvalue weighted by Crippen LogP contribution is -2.23. The maximum Gasteiger partial charge on any atom is 0.255 e. The first kappa shape index (κ1) is 11.4. The summed E-state index contributed by atoms with van der Waals surface area (Å²) in [5.74, 6) is 1.27. The van der Waals surface area contributed by atoms with Crippen LogP contribution in [0, 0.1) is 0 Å². The zero-order valence-electron chi connectivity index (χ0n) is 9.53. The van der Waals surface area contributed by atoms with E-state index in [4.69, 9.17) is 11.6 Å². The average molecular weight is 239 g/mol. The van der Waals surface area contributed by atoms with Crippen LogP contribution in [0.2, 0.25) is 5.15 Å². The standard InChI is InChI=1S/C12H15ClN2O/c1-8(2)5-6-15-11(16)7-10(13)14-12(15)9-3-4-9/h5,7,9H,3-4,6H2,1-2H3. The fourth-order valence-corrected chi connectivity index (χ4v) is 1.79. The summed E-state index contributed by atoms with van der Waals surface area (Å²) in [6, 6.07) is 1.38. The van der Waals surface area contributed by atoms with Gasteiger partial charge in [-0.2, -0.15) is 0 Å². The smallest absolute Gasteiger partial charge is 0.255 e. The van der Waals surface area contributed by atoms with Crippen LogP contribution in [0.15, 0.2) is 22.5 Å². The first-order chi connectivity index (χ1) is 7.58. The van der Waals surface area contributed by atoms with E-state index in [1.165, 1.54) is 11.6 Å². The predicted octanol–water partition coefficient (Wildman–Crippen LogP) is 2.74. The van der Waals surface area contributed by atoms with Crippen LogP contribution in [-0.2, 0) is 6.54 Å². The summed E-state index contributed by atoms with van der Waals surface area (Å²) < 4.78 is 1.72. The van der Waals surface area contributed by atoms with Gasteiger partial charge in [0.1, 0.15) is 11.0 Å². The van der Waals surface area contributed by atoms with E-state index in [1.807, 2.05) is 19.9 Å². The van der Waals surface area contributed by atoms with Crippen molar-refractivity contribution >= 4 is 11.6 Å². The molecule has 1 aromatic heterocycles. The van der Waals surface area contributed by atoms with Gasteiger partial charge in [-0.25, -0.2) is 4.98 Å². The summed E-state index contributed by atoms with van der Waals surface area (Å²) in [4.78, 5) is 16.1. The Labute approximate surface area is 99.8 Å². The largest absolute Gasteiger partial charge is 0.292 e. The minimum atomic E-state index is -0.0561. The molecule has 0 amide bonds. The van der Waals surface area contributed by atoms with Gasteiger partial charge in [0.05, 0.1) is 0 Å². The topological polar surface area (TPSA) is 34.9 Å². The molecule has 1 fully saturated rings. The third kappa shape index (κ3) is 2.53. The molecular weight excluding hydrogens is 224 g/mol. The van der Waals surface area contributed by atoms with Crippen LogP contribution in [0.3, 0.4) is 0 Å². The van der Waals surface area contributed by atoms with E-state index >= 15 is 0 Å². The third-order valence-electron chi connectivity index (χ3n) is 2.63. The molecule has 16 heavy (non-hydrogen) atoms. The van der Waals surface area contributed by atoms with Gasteiger partial charge in [0, 0.05) is 18.5 Å². The zero-order valence-corrected chi connectivity index (χ0v) is 10.3. The lowest BCUT2D eigenvalue weighted by molar-refractivity contribution is 0.679. The highest BCUT2D eigenvalue weighted by molar-refractivity contribution is 6.29. The third-order valence-corrected chi connectivity index (χ3v) is 2.82. The van der Waals surface area contributed by atoms with Gasteiger partial charge in [-0.3, -0.25) is 9.36 Å². The molecule has 0 radical (unpaired) electrons. The highest BCUT2D eigenvalue weighted by Gasteiger charge is 2.28. The predicted molar refractivity (Wildman–Crippen MR) is 64.9 cm³/mol. The van der Waals surface area contributed by atoms with E-state index in [-0.39, 0.29) is 5.56 Å². The van der Waals surface area contributed by atoms with Crippen molar-refractivity contribution in [2.24, 2.45) is 0 Å². The number of allylic oxidation sites excluding steroid dienone is 2. The normalized spacial score (nSPS) is 14.9. The van der Waals surface area contributed by atoms with Crippen molar-refractivity contribution in [1.82, 2.24) is 9.55 Å². The van der Waals surface area contributed by atoms with Gasteiger partial charge in [0.15, 0.2) is 0 Å². The van der Waals surface area contributed by atoms with Gasteiger partial charge in [0.25, 0.3) is 5.56 Å². The number of aromatic nitrogens is 2. The molecule has 1 aliphatic carbocycles. The van der Waals surface area contributed by atoms with Gasteiger partial charge in [-0.05, 0) is 26.7 Å². The Bertz CT molecular complexity index is 482. The summed E-state index contributed by atoms with van der Waals surface area (Å²) >= 11 is 5.82. The van der Waals surface area contributed by atoms with Crippen molar-refractivity contribution in [3.05, 3.63) is 39.0 Å². The second kappa shape index (κ2) is 4.42. The van der Waals surface area contributed by atoms with E-state index < -0.39 is 0 Å². The molecule has 0 atom stereocenters. The minimum Gasteiger partial charge on any atom is -0.292 e. The molecule has 0 unspecified atom stereocenters. The Hall–Kier alpha value is -1.09. The van der Waals surface area contributed by atoms with E-state index in [0.29, 0.717) is 17.6 Å². The average Bonchev–Trinajstić information content (AvgIpc) is 2.97. The quantitative estimate of drug-likeness (QED) is 0.600.